The minimum Gasteiger partial charge on any atom is -0.489 e. The Labute approximate surface area is 148 Å². The molecule has 2 bridgehead atoms. The van der Waals surface area contributed by atoms with Crippen LogP contribution in [0.4, 0.5) is 4.39 Å². The molecule has 3 fully saturated rings. The Hall–Kier alpha value is -1.82. The SMILES string of the molecule is CCNC(=NCCOc1ccccc1F)N1CC2C3CCC(O3)C2C1. The van der Waals surface area contributed by atoms with Crippen LogP contribution in [0, 0.1) is 17.7 Å². The Kier molecular flexibility index (Phi) is 4.79. The van der Waals surface area contributed by atoms with Gasteiger partial charge in [-0.15, -0.1) is 0 Å². The van der Waals surface area contributed by atoms with Gasteiger partial charge in [-0.3, -0.25) is 0 Å². The molecule has 136 valence electrons. The van der Waals surface area contributed by atoms with Gasteiger partial charge in [-0.1, -0.05) is 12.1 Å². The number of likely N-dealkylation sites (tertiary alicyclic amines) is 1. The summed E-state index contributed by atoms with van der Waals surface area (Å²) in [6.45, 7) is 5.83. The van der Waals surface area contributed by atoms with Crippen molar-refractivity contribution in [2.24, 2.45) is 16.8 Å². The van der Waals surface area contributed by atoms with Gasteiger partial charge in [-0.2, -0.15) is 0 Å². The zero-order valence-electron chi connectivity index (χ0n) is 14.7. The van der Waals surface area contributed by atoms with Crippen LogP contribution in [0.25, 0.3) is 0 Å². The molecule has 5 nitrogen and oxygen atoms in total. The summed E-state index contributed by atoms with van der Waals surface area (Å²) in [5.74, 6) is 2.19. The van der Waals surface area contributed by atoms with Gasteiger partial charge in [0.1, 0.15) is 6.61 Å². The van der Waals surface area contributed by atoms with Gasteiger partial charge in [0.2, 0.25) is 0 Å². The van der Waals surface area contributed by atoms with Gasteiger partial charge in [0, 0.05) is 31.5 Å². The van der Waals surface area contributed by atoms with Crippen LogP contribution in [-0.4, -0.2) is 55.9 Å². The fraction of sp³-hybridized carbons (Fsp3) is 0.632. The summed E-state index contributed by atoms with van der Waals surface area (Å²) in [4.78, 5) is 7.04. The van der Waals surface area contributed by atoms with E-state index in [4.69, 9.17) is 9.47 Å². The number of halogens is 1. The molecule has 0 saturated carbocycles. The van der Waals surface area contributed by atoms with Crippen molar-refractivity contribution in [3.63, 3.8) is 0 Å². The fourth-order valence-electron chi connectivity index (χ4n) is 4.43. The number of aliphatic imine (C=N–C) groups is 1. The zero-order chi connectivity index (χ0) is 17.2. The van der Waals surface area contributed by atoms with Crippen LogP contribution < -0.4 is 10.1 Å². The summed E-state index contributed by atoms with van der Waals surface area (Å²) >= 11 is 0. The summed E-state index contributed by atoms with van der Waals surface area (Å²) in [5, 5.41) is 3.38. The highest BCUT2D eigenvalue weighted by molar-refractivity contribution is 5.80. The van der Waals surface area contributed by atoms with Crippen molar-refractivity contribution >= 4 is 5.96 Å². The third-order valence-electron chi connectivity index (χ3n) is 5.53. The number of nitrogens with zero attached hydrogens (tertiary/aromatic N) is 2. The highest BCUT2D eigenvalue weighted by Crippen LogP contribution is 2.47. The van der Waals surface area contributed by atoms with Crippen LogP contribution in [0.5, 0.6) is 5.75 Å². The Morgan fingerprint density at radius 2 is 2.00 bits per heavy atom. The quantitative estimate of drug-likeness (QED) is 0.504. The van der Waals surface area contributed by atoms with Gasteiger partial charge in [0.15, 0.2) is 17.5 Å². The van der Waals surface area contributed by atoms with Crippen LogP contribution in [0.2, 0.25) is 0 Å². The lowest BCUT2D eigenvalue weighted by Crippen LogP contribution is -2.41. The van der Waals surface area contributed by atoms with E-state index in [1.165, 1.54) is 18.9 Å². The molecule has 4 unspecified atom stereocenters. The molecule has 3 aliphatic rings. The van der Waals surface area contributed by atoms with Gasteiger partial charge in [-0.25, -0.2) is 9.38 Å². The number of rotatable bonds is 5. The second kappa shape index (κ2) is 7.20. The molecule has 3 aliphatic heterocycles. The van der Waals surface area contributed by atoms with Crippen molar-refractivity contribution < 1.29 is 13.9 Å². The van der Waals surface area contributed by atoms with Gasteiger partial charge in [0.25, 0.3) is 0 Å². The first-order valence-corrected chi connectivity index (χ1v) is 9.32. The Bertz CT molecular complexity index is 621. The minimum absolute atomic E-state index is 0.284. The first-order chi connectivity index (χ1) is 12.3. The van der Waals surface area contributed by atoms with Crippen LogP contribution >= 0.6 is 0 Å². The lowest BCUT2D eigenvalue weighted by molar-refractivity contribution is 0.0767. The van der Waals surface area contributed by atoms with Crippen molar-refractivity contribution in [3.05, 3.63) is 30.1 Å². The molecule has 25 heavy (non-hydrogen) atoms. The maximum Gasteiger partial charge on any atom is 0.194 e. The van der Waals surface area contributed by atoms with Crippen LogP contribution in [0.15, 0.2) is 29.3 Å². The van der Waals surface area contributed by atoms with Crippen molar-refractivity contribution in [2.75, 3.05) is 32.8 Å². The molecule has 4 rings (SSSR count). The topological polar surface area (TPSA) is 46.1 Å². The van der Waals surface area contributed by atoms with E-state index in [1.54, 1.807) is 18.2 Å². The zero-order valence-corrected chi connectivity index (χ0v) is 14.7. The molecule has 0 amide bonds. The van der Waals surface area contributed by atoms with E-state index in [1.807, 2.05) is 0 Å². The van der Waals surface area contributed by atoms with E-state index < -0.39 is 0 Å². The fourth-order valence-corrected chi connectivity index (χ4v) is 4.43. The normalized spacial score (nSPS) is 30.6. The molecular formula is C19H26FN3O2. The smallest absolute Gasteiger partial charge is 0.194 e. The molecule has 0 radical (unpaired) electrons. The van der Waals surface area contributed by atoms with Crippen LogP contribution in [-0.2, 0) is 4.74 Å². The summed E-state index contributed by atoms with van der Waals surface area (Å²) in [6, 6.07) is 6.47. The van der Waals surface area contributed by atoms with Gasteiger partial charge in [0.05, 0.1) is 18.8 Å². The first kappa shape index (κ1) is 16.6. The van der Waals surface area contributed by atoms with Gasteiger partial charge in [-0.05, 0) is 31.9 Å². The van der Waals surface area contributed by atoms with Gasteiger partial charge >= 0.3 is 0 Å². The number of fused-ring (bicyclic) bond motifs is 5. The minimum atomic E-state index is -0.332. The molecule has 1 N–H and O–H groups in total. The van der Waals surface area contributed by atoms with Crippen molar-refractivity contribution in [1.29, 1.82) is 0 Å². The summed E-state index contributed by atoms with van der Waals surface area (Å²) < 4.78 is 25.1. The number of ether oxygens (including phenoxy) is 2. The second-order valence-corrected chi connectivity index (χ2v) is 7.04. The Balaban J connectivity index is 1.33. The number of nitrogens with one attached hydrogen (secondary N) is 1. The number of para-hydroxylation sites is 1. The third-order valence-corrected chi connectivity index (χ3v) is 5.53. The van der Waals surface area contributed by atoms with Crippen molar-refractivity contribution in [1.82, 2.24) is 10.2 Å². The predicted molar refractivity (Wildman–Crippen MR) is 94.3 cm³/mol. The van der Waals surface area contributed by atoms with Crippen LogP contribution in [0.3, 0.4) is 0 Å². The highest BCUT2D eigenvalue weighted by atomic mass is 19.1. The van der Waals surface area contributed by atoms with Crippen molar-refractivity contribution in [2.45, 2.75) is 32.0 Å². The Morgan fingerprint density at radius 3 is 2.68 bits per heavy atom. The monoisotopic (exact) mass is 347 g/mol. The standard InChI is InChI=1S/C19H26FN3O2/c1-2-21-19(22-9-10-24-18-6-4-3-5-15(18)20)23-11-13-14(12-23)17-8-7-16(13)25-17/h3-6,13-14,16-17H,2,7-12H2,1H3,(H,21,22). The molecule has 3 saturated heterocycles. The average molecular weight is 347 g/mol. The second-order valence-electron chi connectivity index (χ2n) is 7.04. The molecule has 0 aromatic heterocycles. The van der Waals surface area contributed by atoms with Crippen molar-refractivity contribution in [3.8, 4) is 5.75 Å². The van der Waals surface area contributed by atoms with E-state index in [0.717, 1.165) is 25.6 Å². The van der Waals surface area contributed by atoms with E-state index in [-0.39, 0.29) is 11.6 Å². The lowest BCUT2D eigenvalue weighted by atomic mass is 9.82. The average Bonchev–Trinajstić information content (AvgIpc) is 3.31. The summed E-state index contributed by atoms with van der Waals surface area (Å²) in [6.07, 6.45) is 3.33. The van der Waals surface area contributed by atoms with E-state index >= 15 is 0 Å². The molecule has 4 atom stereocenters. The largest absolute Gasteiger partial charge is 0.489 e. The predicted octanol–water partition coefficient (Wildman–Crippen LogP) is 2.28. The maximum absolute atomic E-state index is 13.6. The summed E-state index contributed by atoms with van der Waals surface area (Å²) in [7, 11) is 0. The van der Waals surface area contributed by atoms with Crippen LogP contribution in [0.1, 0.15) is 19.8 Å². The number of hydrogen-bond donors (Lipinski definition) is 1. The van der Waals surface area contributed by atoms with E-state index in [9.17, 15) is 4.39 Å². The van der Waals surface area contributed by atoms with Gasteiger partial charge < -0.3 is 19.7 Å². The molecule has 1 aromatic rings. The number of guanidine groups is 1. The summed E-state index contributed by atoms with van der Waals surface area (Å²) in [5.41, 5.74) is 0. The molecular weight excluding hydrogens is 321 g/mol. The highest BCUT2D eigenvalue weighted by Gasteiger charge is 2.53. The molecule has 6 heteroatoms. The first-order valence-electron chi connectivity index (χ1n) is 9.32. The maximum atomic E-state index is 13.6. The number of hydrogen-bond acceptors (Lipinski definition) is 3. The molecule has 0 aliphatic carbocycles. The molecule has 0 spiro atoms. The molecule has 1 aromatic carbocycles. The molecule has 3 heterocycles. The van der Waals surface area contributed by atoms with E-state index in [2.05, 4.69) is 22.1 Å². The lowest BCUT2D eigenvalue weighted by Gasteiger charge is -2.23. The number of benzene rings is 1. The third kappa shape index (κ3) is 3.32. The van der Waals surface area contributed by atoms with E-state index in [0.29, 0.717) is 37.2 Å². The Morgan fingerprint density at radius 1 is 1.28 bits per heavy atom.